The average Bonchev–Trinajstić information content (AvgIpc) is 3.25. The van der Waals surface area contributed by atoms with Gasteiger partial charge in [0.2, 0.25) is 0 Å². The van der Waals surface area contributed by atoms with Gasteiger partial charge in [-0.3, -0.25) is 0 Å². The molecule has 8 heteroatoms. The van der Waals surface area contributed by atoms with Crippen molar-refractivity contribution in [1.82, 2.24) is 9.80 Å². The first-order valence-electron chi connectivity index (χ1n) is 12.7. The molecule has 2 heterocycles. The van der Waals surface area contributed by atoms with Gasteiger partial charge in [-0.25, -0.2) is 18.4 Å². The number of carboxylic acids is 1. The molecule has 37 heavy (non-hydrogen) atoms. The number of alkyl halides is 2. The molecule has 2 amide bonds. The molecular formula is C29H36F2N2O4. The summed E-state index contributed by atoms with van der Waals surface area (Å²) in [5, 5.41) is 10.3. The summed E-state index contributed by atoms with van der Waals surface area (Å²) in [5.74, 6) is -3.97. The van der Waals surface area contributed by atoms with E-state index >= 15 is 0 Å². The fourth-order valence-corrected chi connectivity index (χ4v) is 5.49. The zero-order chi connectivity index (χ0) is 27.3. The molecule has 6 nitrogen and oxygen atoms in total. The van der Waals surface area contributed by atoms with Gasteiger partial charge in [-0.05, 0) is 81.3 Å². The van der Waals surface area contributed by atoms with Gasteiger partial charge in [0.15, 0.2) is 6.10 Å². The first-order chi connectivity index (χ1) is 17.2. The van der Waals surface area contributed by atoms with E-state index in [1.165, 1.54) is 4.90 Å². The lowest BCUT2D eigenvalue weighted by Gasteiger charge is -2.35. The maximum atomic E-state index is 14.0. The number of amides is 2. The second-order valence-electron chi connectivity index (χ2n) is 11.3. The number of likely N-dealkylation sites (tertiary alicyclic amines) is 1. The predicted molar refractivity (Wildman–Crippen MR) is 138 cm³/mol. The van der Waals surface area contributed by atoms with E-state index in [1.807, 2.05) is 65.8 Å². The van der Waals surface area contributed by atoms with E-state index in [4.69, 9.17) is 4.74 Å². The maximum absolute atomic E-state index is 14.0. The fraction of sp³-hybridized carbons (Fsp3) is 0.517. The molecule has 1 N–H and O–H groups in total. The van der Waals surface area contributed by atoms with E-state index in [2.05, 4.69) is 0 Å². The van der Waals surface area contributed by atoms with Crippen molar-refractivity contribution in [2.75, 3.05) is 13.1 Å². The van der Waals surface area contributed by atoms with Crippen LogP contribution in [0.4, 0.5) is 13.6 Å². The molecule has 0 bridgehead atoms. The number of piperidine rings is 1. The molecule has 0 spiro atoms. The van der Waals surface area contributed by atoms with Gasteiger partial charge in [-0.15, -0.1) is 0 Å². The van der Waals surface area contributed by atoms with Gasteiger partial charge < -0.3 is 19.6 Å². The standard InChI is InChI=1S/C29H36F2N2O4/c1-17-8-10-20(11-9-17)23-18(2)21-14-33(27(36)32-13-7-12-29(30,31)16-32)15-22(21)19(3)24(23)25(26(34)35)37-28(4,5)6/h8-11,25H,7,12-16H2,1-6H3,(H,34,35). The summed E-state index contributed by atoms with van der Waals surface area (Å²) in [4.78, 5) is 28.7. The number of ether oxygens (including phenoxy) is 1. The summed E-state index contributed by atoms with van der Waals surface area (Å²) < 4.78 is 34.2. The van der Waals surface area contributed by atoms with Gasteiger partial charge in [0.05, 0.1) is 12.1 Å². The molecule has 2 aromatic carbocycles. The quantitative estimate of drug-likeness (QED) is 0.514. The highest BCUT2D eigenvalue weighted by Gasteiger charge is 2.41. The van der Waals surface area contributed by atoms with Crippen LogP contribution in [0, 0.1) is 20.8 Å². The Balaban J connectivity index is 1.83. The Morgan fingerprint density at radius 3 is 2.14 bits per heavy atom. The van der Waals surface area contributed by atoms with Gasteiger partial charge >= 0.3 is 12.0 Å². The Labute approximate surface area is 217 Å². The molecular weight excluding hydrogens is 478 g/mol. The summed E-state index contributed by atoms with van der Waals surface area (Å²) in [7, 11) is 0. The van der Waals surface area contributed by atoms with Crippen LogP contribution in [0.15, 0.2) is 24.3 Å². The van der Waals surface area contributed by atoms with Crippen molar-refractivity contribution in [1.29, 1.82) is 0 Å². The predicted octanol–water partition coefficient (Wildman–Crippen LogP) is 6.39. The van der Waals surface area contributed by atoms with Crippen LogP contribution in [-0.4, -0.2) is 51.5 Å². The smallest absolute Gasteiger partial charge is 0.337 e. The number of benzene rings is 2. The topological polar surface area (TPSA) is 70.1 Å². The summed E-state index contributed by atoms with van der Waals surface area (Å²) in [6, 6.07) is 7.49. The minimum atomic E-state index is -2.88. The highest BCUT2D eigenvalue weighted by atomic mass is 19.3. The molecule has 2 aliphatic heterocycles. The number of nitrogens with zero attached hydrogens (tertiary/aromatic N) is 2. The van der Waals surface area contributed by atoms with E-state index in [-0.39, 0.29) is 19.4 Å². The molecule has 1 fully saturated rings. The van der Waals surface area contributed by atoms with Crippen molar-refractivity contribution in [3.63, 3.8) is 0 Å². The SMILES string of the molecule is Cc1ccc(-c2c(C)c3c(c(C)c2C(OC(C)(C)C)C(=O)O)CN(C(=O)N2CCCC(F)(F)C2)C3)cc1. The minimum absolute atomic E-state index is 0.206. The van der Waals surface area contributed by atoms with Crippen molar-refractivity contribution in [2.24, 2.45) is 0 Å². The molecule has 0 saturated carbocycles. The van der Waals surface area contributed by atoms with Crippen LogP contribution in [0.5, 0.6) is 0 Å². The van der Waals surface area contributed by atoms with Gasteiger partial charge in [0, 0.05) is 31.6 Å². The van der Waals surface area contributed by atoms with Crippen molar-refractivity contribution < 1.29 is 28.2 Å². The molecule has 2 aliphatic rings. The molecule has 0 aromatic heterocycles. The number of carbonyl (C=O) groups excluding carboxylic acids is 1. The lowest BCUT2D eigenvalue weighted by Crippen LogP contribution is -2.49. The second kappa shape index (κ2) is 9.71. The van der Waals surface area contributed by atoms with E-state index in [0.29, 0.717) is 18.7 Å². The Bertz CT molecular complexity index is 1220. The number of carbonyl (C=O) groups is 2. The fourth-order valence-electron chi connectivity index (χ4n) is 5.49. The Morgan fingerprint density at radius 2 is 1.59 bits per heavy atom. The molecule has 2 aromatic rings. The van der Waals surface area contributed by atoms with E-state index in [0.717, 1.165) is 38.9 Å². The summed E-state index contributed by atoms with van der Waals surface area (Å²) in [6.07, 6.45) is -1.15. The highest BCUT2D eigenvalue weighted by Crippen LogP contribution is 2.44. The van der Waals surface area contributed by atoms with Crippen molar-refractivity contribution in [3.8, 4) is 11.1 Å². The number of aryl methyl sites for hydroxylation is 1. The number of hydrogen-bond donors (Lipinski definition) is 1. The van der Waals surface area contributed by atoms with E-state index < -0.39 is 36.2 Å². The first-order valence-corrected chi connectivity index (χ1v) is 12.7. The van der Waals surface area contributed by atoms with Crippen molar-refractivity contribution >= 4 is 12.0 Å². The van der Waals surface area contributed by atoms with Crippen LogP contribution in [-0.2, 0) is 22.6 Å². The molecule has 1 saturated heterocycles. The minimum Gasteiger partial charge on any atom is -0.479 e. The molecule has 200 valence electrons. The van der Waals surface area contributed by atoms with Crippen LogP contribution < -0.4 is 0 Å². The number of urea groups is 1. The maximum Gasteiger partial charge on any atom is 0.337 e. The van der Waals surface area contributed by atoms with Gasteiger partial charge in [-0.1, -0.05) is 29.8 Å². The normalized spacial score (nSPS) is 18.1. The highest BCUT2D eigenvalue weighted by molar-refractivity contribution is 5.85. The molecule has 1 unspecified atom stereocenters. The van der Waals surface area contributed by atoms with Gasteiger partial charge in [-0.2, -0.15) is 0 Å². The number of rotatable bonds is 4. The zero-order valence-electron chi connectivity index (χ0n) is 22.5. The van der Waals surface area contributed by atoms with Crippen molar-refractivity contribution in [3.05, 3.63) is 57.6 Å². The molecule has 4 rings (SSSR count). The zero-order valence-corrected chi connectivity index (χ0v) is 22.5. The van der Waals surface area contributed by atoms with E-state index in [9.17, 15) is 23.5 Å². The Morgan fingerprint density at radius 1 is 1.00 bits per heavy atom. The number of aliphatic carboxylic acids is 1. The van der Waals surface area contributed by atoms with Crippen molar-refractivity contribution in [2.45, 2.75) is 85.1 Å². The number of carboxylic acid groups (broad SMARTS) is 1. The second-order valence-corrected chi connectivity index (χ2v) is 11.3. The lowest BCUT2D eigenvalue weighted by molar-refractivity contribution is -0.160. The monoisotopic (exact) mass is 514 g/mol. The average molecular weight is 515 g/mol. The number of fused-ring (bicyclic) bond motifs is 1. The van der Waals surface area contributed by atoms with Crippen LogP contribution in [0.3, 0.4) is 0 Å². The summed E-state index contributed by atoms with van der Waals surface area (Å²) in [6.45, 7) is 11.5. The lowest BCUT2D eigenvalue weighted by atomic mass is 9.83. The van der Waals surface area contributed by atoms with Crippen LogP contribution in [0.2, 0.25) is 0 Å². The first kappa shape index (κ1) is 27.0. The van der Waals surface area contributed by atoms with Gasteiger partial charge in [0.1, 0.15) is 0 Å². The largest absolute Gasteiger partial charge is 0.479 e. The Kier molecular flexibility index (Phi) is 7.10. The van der Waals surface area contributed by atoms with E-state index in [1.54, 1.807) is 4.90 Å². The molecule has 0 aliphatic carbocycles. The number of halogens is 2. The third kappa shape index (κ3) is 5.49. The number of hydrogen-bond acceptors (Lipinski definition) is 3. The summed E-state index contributed by atoms with van der Waals surface area (Å²) in [5.41, 5.74) is 6.03. The van der Waals surface area contributed by atoms with Crippen LogP contribution in [0.25, 0.3) is 11.1 Å². The van der Waals surface area contributed by atoms with Gasteiger partial charge in [0.25, 0.3) is 5.92 Å². The van der Waals surface area contributed by atoms with Crippen LogP contribution >= 0.6 is 0 Å². The summed E-state index contributed by atoms with van der Waals surface area (Å²) >= 11 is 0. The third-order valence-electron chi connectivity index (χ3n) is 7.25. The molecule has 1 atom stereocenters. The third-order valence-corrected chi connectivity index (χ3v) is 7.25. The Hall–Kier alpha value is -3.00. The molecule has 0 radical (unpaired) electrons. The van der Waals surface area contributed by atoms with Crippen LogP contribution in [0.1, 0.15) is 73.1 Å².